The first-order valence-corrected chi connectivity index (χ1v) is 10.1. The number of rotatable bonds is 9. The number of nitro groups is 1. The van der Waals surface area contributed by atoms with Gasteiger partial charge in [0.05, 0.1) is 4.92 Å². The second-order valence-electron chi connectivity index (χ2n) is 7.59. The van der Waals surface area contributed by atoms with Gasteiger partial charge < -0.3 is 16.0 Å². The van der Waals surface area contributed by atoms with Crippen LogP contribution in [0.4, 0.5) is 17.1 Å². The van der Waals surface area contributed by atoms with Gasteiger partial charge in [-0.15, -0.1) is 0 Å². The molecule has 2 aromatic carbocycles. The summed E-state index contributed by atoms with van der Waals surface area (Å²) in [6, 6.07) is 12.0. The highest BCUT2D eigenvalue weighted by molar-refractivity contribution is 5.96. The molecule has 2 amide bonds. The molecule has 1 fully saturated rings. The molecule has 3 N–H and O–H groups in total. The second kappa shape index (κ2) is 9.39. The molecular formula is C22H26N4O4. The molecule has 0 heterocycles. The van der Waals surface area contributed by atoms with Gasteiger partial charge in [-0.25, -0.2) is 0 Å². The number of carbonyl (C=O) groups excluding carboxylic acids is 2. The van der Waals surface area contributed by atoms with Crippen LogP contribution >= 0.6 is 0 Å². The fourth-order valence-electron chi connectivity index (χ4n) is 2.89. The number of carbonyl (C=O) groups is 2. The van der Waals surface area contributed by atoms with Crippen molar-refractivity contribution in [3.8, 4) is 0 Å². The Kier molecular flexibility index (Phi) is 6.66. The first kappa shape index (κ1) is 21.3. The Balaban J connectivity index is 1.64. The zero-order chi connectivity index (χ0) is 21.7. The molecule has 0 aliphatic heterocycles. The van der Waals surface area contributed by atoms with E-state index in [-0.39, 0.29) is 35.7 Å². The predicted molar refractivity (Wildman–Crippen MR) is 115 cm³/mol. The van der Waals surface area contributed by atoms with E-state index in [0.717, 1.165) is 24.8 Å². The lowest BCUT2D eigenvalue weighted by Crippen LogP contribution is -2.23. The van der Waals surface area contributed by atoms with Crippen molar-refractivity contribution < 1.29 is 14.5 Å². The second-order valence-corrected chi connectivity index (χ2v) is 7.59. The van der Waals surface area contributed by atoms with E-state index in [1.165, 1.54) is 6.07 Å². The molecule has 1 unspecified atom stereocenters. The highest BCUT2D eigenvalue weighted by Gasteiger charge is 2.25. The third kappa shape index (κ3) is 5.56. The van der Waals surface area contributed by atoms with Crippen LogP contribution in [0, 0.1) is 16.0 Å². The van der Waals surface area contributed by atoms with Crippen molar-refractivity contribution in [3.05, 3.63) is 63.7 Å². The van der Waals surface area contributed by atoms with E-state index >= 15 is 0 Å². The molecule has 30 heavy (non-hydrogen) atoms. The third-order valence-electron chi connectivity index (χ3n) is 5.10. The van der Waals surface area contributed by atoms with Crippen LogP contribution in [0.25, 0.3) is 0 Å². The van der Waals surface area contributed by atoms with Gasteiger partial charge in [-0.1, -0.05) is 26.0 Å². The summed E-state index contributed by atoms with van der Waals surface area (Å²) in [5, 5.41) is 20.1. The van der Waals surface area contributed by atoms with Crippen LogP contribution in [0.3, 0.4) is 0 Å². The average Bonchev–Trinajstić information content (AvgIpc) is 3.55. The predicted octanol–water partition coefficient (Wildman–Crippen LogP) is 4.08. The number of hydrogen-bond acceptors (Lipinski definition) is 5. The first-order chi connectivity index (χ1) is 14.4. The van der Waals surface area contributed by atoms with E-state index in [2.05, 4.69) is 16.0 Å². The normalized spacial score (nSPS) is 13.9. The quantitative estimate of drug-likeness (QED) is 0.426. The zero-order valence-electron chi connectivity index (χ0n) is 17.1. The molecule has 3 rings (SSSR count). The summed E-state index contributed by atoms with van der Waals surface area (Å²) < 4.78 is 0. The minimum Gasteiger partial charge on any atom is -0.377 e. The van der Waals surface area contributed by atoms with Gasteiger partial charge in [-0.3, -0.25) is 19.7 Å². The van der Waals surface area contributed by atoms with Crippen LogP contribution in [0.15, 0.2) is 42.5 Å². The Bertz CT molecular complexity index is 956. The third-order valence-corrected chi connectivity index (χ3v) is 5.10. The Labute approximate surface area is 175 Å². The van der Waals surface area contributed by atoms with E-state index in [0.29, 0.717) is 11.4 Å². The van der Waals surface area contributed by atoms with Crippen molar-refractivity contribution in [2.75, 3.05) is 10.6 Å². The number of hydrogen-bond donors (Lipinski definition) is 3. The lowest BCUT2D eigenvalue weighted by atomic mass is 10.1. The Morgan fingerprint density at radius 1 is 1.20 bits per heavy atom. The summed E-state index contributed by atoms with van der Waals surface area (Å²) in [5.74, 6) is -0.530. The smallest absolute Gasteiger partial charge is 0.293 e. The van der Waals surface area contributed by atoms with Crippen molar-refractivity contribution >= 4 is 28.9 Å². The standard InChI is InChI=1S/C22H26N4O4/c1-3-14(2)21(27)25-18-6-4-5-15(11-18)13-23-22(28)16-7-10-19(24-17-8-9-17)20(12-16)26(29)30/h4-7,10-12,14,17,24H,3,8-9,13H2,1-2H3,(H,23,28)(H,25,27). The van der Waals surface area contributed by atoms with Crippen molar-refractivity contribution in [1.29, 1.82) is 0 Å². The van der Waals surface area contributed by atoms with Gasteiger partial charge in [0.15, 0.2) is 0 Å². The topological polar surface area (TPSA) is 113 Å². The van der Waals surface area contributed by atoms with Crippen LogP contribution in [-0.4, -0.2) is 22.8 Å². The largest absolute Gasteiger partial charge is 0.377 e. The minimum atomic E-state index is -0.481. The van der Waals surface area contributed by atoms with Gasteiger partial charge in [0.1, 0.15) is 5.69 Å². The maximum absolute atomic E-state index is 12.5. The molecule has 1 saturated carbocycles. The molecular weight excluding hydrogens is 384 g/mol. The zero-order valence-corrected chi connectivity index (χ0v) is 17.1. The molecule has 1 aliphatic rings. The fourth-order valence-corrected chi connectivity index (χ4v) is 2.89. The summed E-state index contributed by atoms with van der Waals surface area (Å²) in [6.07, 6.45) is 2.75. The number of nitro benzene ring substituents is 1. The SMILES string of the molecule is CCC(C)C(=O)Nc1cccc(CNC(=O)c2ccc(NC3CC3)c([N+](=O)[O-])c2)c1. The van der Waals surface area contributed by atoms with E-state index in [9.17, 15) is 19.7 Å². The molecule has 0 radical (unpaired) electrons. The van der Waals surface area contributed by atoms with Crippen molar-refractivity contribution in [3.63, 3.8) is 0 Å². The minimum absolute atomic E-state index is 0.0501. The molecule has 158 valence electrons. The average molecular weight is 410 g/mol. The molecule has 0 saturated heterocycles. The molecule has 1 atom stereocenters. The summed E-state index contributed by atoms with van der Waals surface area (Å²) in [4.78, 5) is 35.4. The fraction of sp³-hybridized carbons (Fsp3) is 0.364. The van der Waals surface area contributed by atoms with Crippen LogP contribution in [-0.2, 0) is 11.3 Å². The lowest BCUT2D eigenvalue weighted by Gasteiger charge is -2.12. The van der Waals surface area contributed by atoms with E-state index in [4.69, 9.17) is 0 Å². The van der Waals surface area contributed by atoms with Gasteiger partial charge in [0.2, 0.25) is 5.91 Å². The van der Waals surface area contributed by atoms with Gasteiger partial charge in [-0.2, -0.15) is 0 Å². The Morgan fingerprint density at radius 3 is 2.63 bits per heavy atom. The van der Waals surface area contributed by atoms with Gasteiger partial charge >= 0.3 is 0 Å². The van der Waals surface area contributed by atoms with Crippen molar-refractivity contribution in [1.82, 2.24) is 5.32 Å². The van der Waals surface area contributed by atoms with Crippen LogP contribution in [0.1, 0.15) is 49.0 Å². The van der Waals surface area contributed by atoms with E-state index < -0.39 is 10.8 Å². The summed E-state index contributed by atoms with van der Waals surface area (Å²) in [7, 11) is 0. The van der Waals surface area contributed by atoms with Crippen LogP contribution in [0.5, 0.6) is 0 Å². The maximum atomic E-state index is 12.5. The van der Waals surface area contributed by atoms with E-state index in [1.54, 1.807) is 30.3 Å². The molecule has 1 aliphatic carbocycles. The van der Waals surface area contributed by atoms with Crippen molar-refractivity contribution in [2.45, 2.75) is 45.7 Å². The molecule has 0 spiro atoms. The highest BCUT2D eigenvalue weighted by atomic mass is 16.6. The van der Waals surface area contributed by atoms with Gasteiger partial charge in [0.25, 0.3) is 11.6 Å². The molecule has 2 aromatic rings. The lowest BCUT2D eigenvalue weighted by molar-refractivity contribution is -0.384. The maximum Gasteiger partial charge on any atom is 0.293 e. The van der Waals surface area contributed by atoms with Gasteiger partial charge in [0, 0.05) is 35.8 Å². The summed E-state index contributed by atoms with van der Waals surface area (Å²) >= 11 is 0. The van der Waals surface area contributed by atoms with Crippen LogP contribution in [0.2, 0.25) is 0 Å². The number of nitrogens with zero attached hydrogens (tertiary/aromatic N) is 1. The summed E-state index contributed by atoms with van der Waals surface area (Å²) in [5.41, 5.74) is 2.03. The number of benzene rings is 2. The molecule has 8 nitrogen and oxygen atoms in total. The number of amides is 2. The van der Waals surface area contributed by atoms with Crippen LogP contribution < -0.4 is 16.0 Å². The Morgan fingerprint density at radius 2 is 1.97 bits per heavy atom. The molecule has 0 bridgehead atoms. The van der Waals surface area contributed by atoms with Crippen molar-refractivity contribution in [2.24, 2.45) is 5.92 Å². The Hall–Kier alpha value is -3.42. The highest BCUT2D eigenvalue weighted by Crippen LogP contribution is 2.31. The molecule has 0 aromatic heterocycles. The first-order valence-electron chi connectivity index (χ1n) is 10.1. The van der Waals surface area contributed by atoms with Gasteiger partial charge in [-0.05, 0) is 49.1 Å². The summed E-state index contributed by atoms with van der Waals surface area (Å²) in [6.45, 7) is 4.06. The van der Waals surface area contributed by atoms with E-state index in [1.807, 2.05) is 19.9 Å². The monoisotopic (exact) mass is 410 g/mol. The molecule has 8 heteroatoms. The number of anilines is 2. The number of nitrogens with one attached hydrogen (secondary N) is 3.